The van der Waals surface area contributed by atoms with E-state index in [1.807, 2.05) is 0 Å². The number of nitrogens with one attached hydrogen (secondary N) is 1. The highest BCUT2D eigenvalue weighted by atomic mass is 19.1. The molecule has 0 unspecified atom stereocenters. The monoisotopic (exact) mass is 372 g/mol. The molecule has 6 nitrogen and oxygen atoms in total. The number of carbonyl (C=O) groups excluding carboxylic acids is 2. The molecule has 0 saturated heterocycles. The number of carbonyl (C=O) groups is 2. The molecule has 1 saturated carbocycles. The van der Waals surface area contributed by atoms with Gasteiger partial charge in [-0.05, 0) is 42.5 Å². The molecule has 0 bridgehead atoms. The second kappa shape index (κ2) is 7.73. The maximum atomic E-state index is 13.6. The van der Waals surface area contributed by atoms with Crippen LogP contribution in [0.2, 0.25) is 0 Å². The molecule has 142 valence electrons. The van der Waals surface area contributed by atoms with Crippen LogP contribution < -0.4 is 15.6 Å². The lowest BCUT2D eigenvalue weighted by Gasteiger charge is -2.12. The summed E-state index contributed by atoms with van der Waals surface area (Å²) in [6.07, 6.45) is 3.94. The Morgan fingerprint density at radius 3 is 2.67 bits per heavy atom. The van der Waals surface area contributed by atoms with Crippen LogP contribution in [0.4, 0.5) is 4.39 Å². The first kappa shape index (κ1) is 18.8. The number of methoxy groups -OCH3 is 1. The van der Waals surface area contributed by atoms with E-state index in [1.54, 1.807) is 0 Å². The van der Waals surface area contributed by atoms with Crippen molar-refractivity contribution >= 4 is 11.7 Å². The van der Waals surface area contributed by atoms with Gasteiger partial charge < -0.3 is 14.6 Å². The average molecular weight is 372 g/mol. The van der Waals surface area contributed by atoms with Crippen LogP contribution in [-0.2, 0) is 6.54 Å². The van der Waals surface area contributed by atoms with E-state index in [2.05, 4.69) is 5.32 Å². The zero-order chi connectivity index (χ0) is 19.6. The van der Waals surface area contributed by atoms with Crippen LogP contribution in [0.25, 0.3) is 0 Å². The average Bonchev–Trinajstić information content (AvgIpc) is 3.48. The number of hydrogen-bond donors (Lipinski definition) is 1. The number of hydrogen-bond acceptors (Lipinski definition) is 4. The predicted octanol–water partition coefficient (Wildman–Crippen LogP) is 2.39. The summed E-state index contributed by atoms with van der Waals surface area (Å²) in [6.45, 7) is 0.0873. The summed E-state index contributed by atoms with van der Waals surface area (Å²) in [5.74, 6) is -0.691. The Hall–Kier alpha value is -2.96. The molecule has 7 heteroatoms. The molecule has 1 aromatic carbocycles. The lowest BCUT2D eigenvalue weighted by Crippen LogP contribution is -2.32. The van der Waals surface area contributed by atoms with E-state index in [4.69, 9.17) is 4.74 Å². The number of Topliss-reactive ketones (excluding diaryl/α,β-unsaturated/α-hetero) is 1. The number of nitrogens with zero attached hydrogens (tertiary/aromatic N) is 1. The van der Waals surface area contributed by atoms with Gasteiger partial charge >= 0.3 is 0 Å². The van der Waals surface area contributed by atoms with E-state index >= 15 is 0 Å². The fourth-order valence-electron chi connectivity index (χ4n) is 2.90. The second-order valence-corrected chi connectivity index (χ2v) is 6.69. The summed E-state index contributed by atoms with van der Waals surface area (Å²) in [5.41, 5.74) is 0.341. The van der Waals surface area contributed by atoms with Gasteiger partial charge in [0.1, 0.15) is 5.56 Å². The van der Waals surface area contributed by atoms with Crippen molar-refractivity contribution in [1.82, 2.24) is 9.88 Å². The van der Waals surface area contributed by atoms with Crippen molar-refractivity contribution < 1.29 is 18.7 Å². The van der Waals surface area contributed by atoms with Gasteiger partial charge in [-0.3, -0.25) is 14.4 Å². The molecule has 0 radical (unpaired) electrons. The summed E-state index contributed by atoms with van der Waals surface area (Å²) in [5, 5.41) is 2.43. The van der Waals surface area contributed by atoms with Crippen LogP contribution in [0.1, 0.15) is 45.5 Å². The Kier molecular flexibility index (Phi) is 5.39. The number of pyridine rings is 1. The zero-order valence-electron chi connectivity index (χ0n) is 15.3. The molecule has 1 aliphatic rings. The Morgan fingerprint density at radius 2 is 2.04 bits per heavy atom. The number of amides is 1. The number of rotatable bonds is 7. The molecule has 0 spiro atoms. The molecular weight excluding hydrogens is 351 g/mol. The highest BCUT2D eigenvalue weighted by molar-refractivity contribution is 6.00. The zero-order valence-corrected chi connectivity index (χ0v) is 15.3. The van der Waals surface area contributed by atoms with Crippen molar-refractivity contribution in [2.24, 2.45) is 5.92 Å². The van der Waals surface area contributed by atoms with Crippen molar-refractivity contribution in [3.05, 3.63) is 63.3 Å². The van der Waals surface area contributed by atoms with Gasteiger partial charge in [-0.1, -0.05) is 6.07 Å². The van der Waals surface area contributed by atoms with Gasteiger partial charge in [0.25, 0.3) is 11.5 Å². The SMILES string of the molecule is CNC(=O)c1cc(C(=O)CC2CC2)cn(Cc2ccc(F)c(OC)c2)c1=O. The molecule has 0 atom stereocenters. The lowest BCUT2D eigenvalue weighted by molar-refractivity contribution is 0.0961. The van der Waals surface area contributed by atoms with Crippen LogP contribution in [-0.4, -0.2) is 30.4 Å². The van der Waals surface area contributed by atoms with Crippen LogP contribution in [0.3, 0.4) is 0 Å². The van der Waals surface area contributed by atoms with Crippen molar-refractivity contribution in [3.63, 3.8) is 0 Å². The third-order valence-corrected chi connectivity index (χ3v) is 4.62. The van der Waals surface area contributed by atoms with Gasteiger partial charge in [0.05, 0.1) is 13.7 Å². The van der Waals surface area contributed by atoms with E-state index in [0.29, 0.717) is 23.5 Å². The van der Waals surface area contributed by atoms with Gasteiger partial charge in [0, 0.05) is 25.2 Å². The summed E-state index contributed by atoms with van der Waals surface area (Å²) >= 11 is 0. The van der Waals surface area contributed by atoms with Crippen molar-refractivity contribution in [3.8, 4) is 5.75 Å². The van der Waals surface area contributed by atoms with Gasteiger partial charge in [-0.25, -0.2) is 4.39 Å². The summed E-state index contributed by atoms with van der Waals surface area (Å²) in [7, 11) is 2.78. The highest BCUT2D eigenvalue weighted by Gasteiger charge is 2.26. The standard InChI is InChI=1S/C20H21FN2O4/c1-22-19(25)15-9-14(17(24)7-12-3-4-12)11-23(20(15)26)10-13-5-6-16(21)18(8-13)27-2/h5-6,8-9,11-12H,3-4,7,10H2,1-2H3,(H,22,25). The third kappa shape index (κ3) is 4.24. The minimum atomic E-state index is -0.550. The first-order valence-electron chi connectivity index (χ1n) is 8.75. The number of benzene rings is 1. The largest absolute Gasteiger partial charge is 0.494 e. The molecular formula is C20H21FN2O4. The highest BCUT2D eigenvalue weighted by Crippen LogP contribution is 2.33. The van der Waals surface area contributed by atoms with Gasteiger partial charge in [0.15, 0.2) is 17.3 Å². The van der Waals surface area contributed by atoms with E-state index in [9.17, 15) is 18.8 Å². The summed E-state index contributed by atoms with van der Waals surface area (Å²) in [6, 6.07) is 5.62. The molecule has 3 rings (SSSR count). The van der Waals surface area contributed by atoms with Crippen molar-refractivity contribution in [1.29, 1.82) is 0 Å². The molecule has 27 heavy (non-hydrogen) atoms. The fraction of sp³-hybridized carbons (Fsp3) is 0.350. The van der Waals surface area contributed by atoms with E-state index in [0.717, 1.165) is 12.8 Å². The topological polar surface area (TPSA) is 77.4 Å². The molecule has 1 N–H and O–H groups in total. The lowest BCUT2D eigenvalue weighted by atomic mass is 10.0. The van der Waals surface area contributed by atoms with Crippen molar-refractivity contribution in [2.75, 3.05) is 14.2 Å². The maximum Gasteiger partial charge on any atom is 0.263 e. The fourth-order valence-corrected chi connectivity index (χ4v) is 2.90. The smallest absolute Gasteiger partial charge is 0.263 e. The number of ether oxygens (including phenoxy) is 1. The Bertz CT molecular complexity index is 947. The number of halogens is 1. The van der Waals surface area contributed by atoms with Crippen LogP contribution >= 0.6 is 0 Å². The molecule has 1 aliphatic carbocycles. The van der Waals surface area contributed by atoms with Gasteiger partial charge in [-0.2, -0.15) is 0 Å². The predicted molar refractivity (Wildman–Crippen MR) is 97.8 cm³/mol. The molecule has 2 aromatic rings. The minimum absolute atomic E-state index is 0.0630. The van der Waals surface area contributed by atoms with E-state index in [-0.39, 0.29) is 23.6 Å². The third-order valence-electron chi connectivity index (χ3n) is 4.62. The molecule has 1 fully saturated rings. The van der Waals surface area contributed by atoms with Crippen LogP contribution in [0, 0.1) is 11.7 Å². The summed E-state index contributed by atoms with van der Waals surface area (Å²) < 4.78 is 19.9. The maximum absolute atomic E-state index is 13.6. The minimum Gasteiger partial charge on any atom is -0.494 e. The second-order valence-electron chi connectivity index (χ2n) is 6.69. The number of aromatic nitrogens is 1. The summed E-state index contributed by atoms with van der Waals surface area (Å²) in [4.78, 5) is 37.3. The first-order chi connectivity index (χ1) is 12.9. The van der Waals surface area contributed by atoms with Gasteiger partial charge in [-0.15, -0.1) is 0 Å². The Morgan fingerprint density at radius 1 is 1.30 bits per heavy atom. The van der Waals surface area contributed by atoms with Crippen molar-refractivity contribution in [2.45, 2.75) is 25.8 Å². The molecule has 1 aromatic heterocycles. The first-order valence-corrected chi connectivity index (χ1v) is 8.75. The molecule has 1 heterocycles. The van der Waals surface area contributed by atoms with Crippen LogP contribution in [0.15, 0.2) is 35.3 Å². The quantitative estimate of drug-likeness (QED) is 0.757. The Labute approximate surface area is 156 Å². The van der Waals surface area contributed by atoms with E-state index < -0.39 is 17.3 Å². The van der Waals surface area contributed by atoms with Crippen LogP contribution in [0.5, 0.6) is 5.75 Å². The molecule has 1 amide bonds. The normalized spacial score (nSPS) is 13.3. The Balaban J connectivity index is 2.00. The molecule has 0 aliphatic heterocycles. The van der Waals surface area contributed by atoms with E-state index in [1.165, 1.54) is 49.2 Å². The number of ketones is 1. The van der Waals surface area contributed by atoms with Gasteiger partial charge in [0.2, 0.25) is 0 Å².